The molecule has 1 amide bonds. The van der Waals surface area contributed by atoms with Crippen LogP contribution in [0.25, 0.3) is 0 Å². The van der Waals surface area contributed by atoms with E-state index in [4.69, 9.17) is 11.6 Å². The van der Waals surface area contributed by atoms with E-state index < -0.39 is 11.9 Å². The van der Waals surface area contributed by atoms with Gasteiger partial charge in [-0.05, 0) is 26.0 Å². The summed E-state index contributed by atoms with van der Waals surface area (Å²) >= 11 is 6.00. The summed E-state index contributed by atoms with van der Waals surface area (Å²) in [6.45, 7) is 4.61. The zero-order valence-corrected chi connectivity index (χ0v) is 14.1. The highest BCUT2D eigenvalue weighted by Crippen LogP contribution is 2.20. The standard InChI is InChI=1S/C16H20ClFN4O/c1-4-22-9-12(8-19-22)20-11(2)16(23)21(3)10-13-14(17)6-5-7-15(13)18/h5-9,11,20H,4,10H2,1-3H3/t11-/m0/s1. The molecule has 0 unspecified atom stereocenters. The number of rotatable bonds is 6. The Morgan fingerprint density at radius 1 is 1.52 bits per heavy atom. The summed E-state index contributed by atoms with van der Waals surface area (Å²) in [5.74, 6) is -0.574. The quantitative estimate of drug-likeness (QED) is 0.880. The molecule has 1 atom stereocenters. The van der Waals surface area contributed by atoms with Gasteiger partial charge in [0, 0.05) is 36.9 Å². The van der Waals surface area contributed by atoms with E-state index in [9.17, 15) is 9.18 Å². The van der Waals surface area contributed by atoms with Crippen LogP contribution in [-0.4, -0.2) is 33.7 Å². The summed E-state index contributed by atoms with van der Waals surface area (Å²) < 4.78 is 15.6. The first-order chi connectivity index (χ1) is 10.9. The molecule has 7 heteroatoms. The topological polar surface area (TPSA) is 50.2 Å². The molecule has 0 saturated heterocycles. The van der Waals surface area contributed by atoms with Crippen molar-refractivity contribution in [3.05, 3.63) is 47.0 Å². The lowest BCUT2D eigenvalue weighted by Gasteiger charge is -2.23. The van der Waals surface area contributed by atoms with Crippen molar-refractivity contribution >= 4 is 23.2 Å². The van der Waals surface area contributed by atoms with Gasteiger partial charge in [0.15, 0.2) is 0 Å². The van der Waals surface area contributed by atoms with Gasteiger partial charge < -0.3 is 10.2 Å². The maximum atomic E-state index is 13.8. The van der Waals surface area contributed by atoms with Crippen molar-refractivity contribution in [2.75, 3.05) is 12.4 Å². The number of aryl methyl sites for hydroxylation is 1. The summed E-state index contributed by atoms with van der Waals surface area (Å²) in [5.41, 5.74) is 1.08. The summed E-state index contributed by atoms with van der Waals surface area (Å²) in [4.78, 5) is 13.9. The molecule has 2 rings (SSSR count). The van der Waals surface area contributed by atoms with Crippen molar-refractivity contribution < 1.29 is 9.18 Å². The largest absolute Gasteiger partial charge is 0.371 e. The van der Waals surface area contributed by atoms with E-state index in [0.29, 0.717) is 10.6 Å². The molecule has 1 aromatic carbocycles. The summed E-state index contributed by atoms with van der Waals surface area (Å²) in [6.07, 6.45) is 3.50. The normalized spacial score (nSPS) is 12.0. The molecule has 124 valence electrons. The van der Waals surface area contributed by atoms with Gasteiger partial charge in [-0.1, -0.05) is 17.7 Å². The number of halogens is 2. The van der Waals surface area contributed by atoms with Crippen LogP contribution >= 0.6 is 11.6 Å². The molecular formula is C16H20ClFN4O. The molecule has 0 bridgehead atoms. The van der Waals surface area contributed by atoms with Crippen LogP contribution in [0.1, 0.15) is 19.4 Å². The fourth-order valence-electron chi connectivity index (χ4n) is 2.25. The van der Waals surface area contributed by atoms with Crippen LogP contribution in [0, 0.1) is 5.82 Å². The Hall–Kier alpha value is -2.08. The second kappa shape index (κ2) is 7.46. The molecule has 0 saturated carbocycles. The monoisotopic (exact) mass is 338 g/mol. The Kier molecular flexibility index (Phi) is 5.60. The minimum absolute atomic E-state index is 0.116. The fourth-order valence-corrected chi connectivity index (χ4v) is 2.47. The Morgan fingerprint density at radius 3 is 2.87 bits per heavy atom. The van der Waals surface area contributed by atoms with E-state index in [0.717, 1.165) is 12.2 Å². The molecule has 0 spiro atoms. The van der Waals surface area contributed by atoms with Gasteiger partial charge >= 0.3 is 0 Å². The van der Waals surface area contributed by atoms with E-state index in [1.54, 1.807) is 37.0 Å². The van der Waals surface area contributed by atoms with E-state index >= 15 is 0 Å². The third kappa shape index (κ3) is 4.22. The van der Waals surface area contributed by atoms with Gasteiger partial charge in [0.2, 0.25) is 5.91 Å². The molecule has 1 aromatic heterocycles. The van der Waals surface area contributed by atoms with Crippen molar-refractivity contribution in [3.63, 3.8) is 0 Å². The predicted molar refractivity (Wildman–Crippen MR) is 88.9 cm³/mol. The van der Waals surface area contributed by atoms with Gasteiger partial charge in [-0.25, -0.2) is 4.39 Å². The molecule has 0 fully saturated rings. The third-order valence-electron chi connectivity index (χ3n) is 3.54. The number of hydrogen-bond donors (Lipinski definition) is 1. The number of nitrogens with one attached hydrogen (secondary N) is 1. The number of carbonyl (C=O) groups excluding carboxylic acids is 1. The number of nitrogens with zero attached hydrogens (tertiary/aromatic N) is 3. The van der Waals surface area contributed by atoms with Crippen LogP contribution in [0.5, 0.6) is 0 Å². The van der Waals surface area contributed by atoms with Crippen LogP contribution in [0.2, 0.25) is 5.02 Å². The number of likely N-dealkylation sites (N-methyl/N-ethyl adjacent to an activating group) is 1. The van der Waals surface area contributed by atoms with Crippen LogP contribution in [0.3, 0.4) is 0 Å². The number of anilines is 1. The van der Waals surface area contributed by atoms with E-state index in [1.165, 1.54) is 11.0 Å². The molecule has 0 radical (unpaired) electrons. The van der Waals surface area contributed by atoms with Gasteiger partial charge in [-0.15, -0.1) is 0 Å². The first-order valence-electron chi connectivity index (χ1n) is 7.39. The van der Waals surface area contributed by atoms with E-state index in [2.05, 4.69) is 10.4 Å². The van der Waals surface area contributed by atoms with Crippen LogP contribution in [-0.2, 0) is 17.9 Å². The Bertz CT molecular complexity index is 668. The smallest absolute Gasteiger partial charge is 0.244 e. The lowest BCUT2D eigenvalue weighted by atomic mass is 10.2. The van der Waals surface area contributed by atoms with Gasteiger partial charge in [-0.3, -0.25) is 9.48 Å². The van der Waals surface area contributed by atoms with Crippen LogP contribution in [0.4, 0.5) is 10.1 Å². The highest BCUT2D eigenvalue weighted by Gasteiger charge is 2.20. The molecule has 0 aliphatic rings. The Morgan fingerprint density at radius 2 is 2.26 bits per heavy atom. The van der Waals surface area contributed by atoms with Gasteiger partial charge in [-0.2, -0.15) is 5.10 Å². The minimum Gasteiger partial charge on any atom is -0.371 e. The molecule has 2 aromatic rings. The summed E-state index contributed by atoms with van der Waals surface area (Å²) in [7, 11) is 1.62. The van der Waals surface area contributed by atoms with Crippen LogP contribution < -0.4 is 5.32 Å². The lowest BCUT2D eigenvalue weighted by molar-refractivity contribution is -0.130. The Balaban J connectivity index is 2.01. The number of aromatic nitrogens is 2. The highest BCUT2D eigenvalue weighted by molar-refractivity contribution is 6.31. The first kappa shape index (κ1) is 17.3. The predicted octanol–water partition coefficient (Wildman–Crippen LogP) is 3.15. The van der Waals surface area contributed by atoms with Gasteiger partial charge in [0.05, 0.1) is 11.9 Å². The summed E-state index contributed by atoms with van der Waals surface area (Å²) in [5, 5.41) is 7.55. The third-order valence-corrected chi connectivity index (χ3v) is 3.90. The molecule has 0 aliphatic heterocycles. The van der Waals surface area contributed by atoms with E-state index in [1.807, 2.05) is 13.1 Å². The van der Waals surface area contributed by atoms with Gasteiger partial charge in [0.1, 0.15) is 11.9 Å². The second-order valence-electron chi connectivity index (χ2n) is 5.35. The van der Waals surface area contributed by atoms with Crippen molar-refractivity contribution in [2.24, 2.45) is 0 Å². The summed E-state index contributed by atoms with van der Waals surface area (Å²) in [6, 6.07) is 4.03. The molecule has 5 nitrogen and oxygen atoms in total. The van der Waals surface area contributed by atoms with Crippen molar-refractivity contribution in [3.8, 4) is 0 Å². The van der Waals surface area contributed by atoms with E-state index in [-0.39, 0.29) is 12.5 Å². The maximum Gasteiger partial charge on any atom is 0.244 e. The second-order valence-corrected chi connectivity index (χ2v) is 5.75. The highest BCUT2D eigenvalue weighted by atomic mass is 35.5. The SMILES string of the molecule is CCn1cc(N[C@@H](C)C(=O)N(C)Cc2c(F)cccc2Cl)cn1. The first-order valence-corrected chi connectivity index (χ1v) is 7.77. The zero-order chi connectivity index (χ0) is 17.0. The van der Waals surface area contributed by atoms with Crippen molar-refractivity contribution in [1.29, 1.82) is 0 Å². The molecule has 0 aliphatic carbocycles. The lowest BCUT2D eigenvalue weighted by Crippen LogP contribution is -2.38. The maximum absolute atomic E-state index is 13.8. The number of amides is 1. The van der Waals surface area contributed by atoms with Crippen LogP contribution in [0.15, 0.2) is 30.6 Å². The average Bonchev–Trinajstić information content (AvgIpc) is 2.97. The molecular weight excluding hydrogens is 319 g/mol. The zero-order valence-electron chi connectivity index (χ0n) is 13.4. The number of hydrogen-bond acceptors (Lipinski definition) is 3. The van der Waals surface area contributed by atoms with Crippen molar-refractivity contribution in [1.82, 2.24) is 14.7 Å². The van der Waals surface area contributed by atoms with Gasteiger partial charge in [0.25, 0.3) is 0 Å². The molecule has 1 N–H and O–H groups in total. The number of carbonyl (C=O) groups is 1. The number of benzene rings is 1. The molecule has 23 heavy (non-hydrogen) atoms. The Labute approximate surface area is 140 Å². The van der Waals surface area contributed by atoms with Crippen molar-refractivity contribution in [2.45, 2.75) is 33.0 Å². The minimum atomic E-state index is -0.458. The average molecular weight is 339 g/mol. The molecule has 1 heterocycles. The fraction of sp³-hybridized carbons (Fsp3) is 0.375.